The van der Waals surface area contributed by atoms with Gasteiger partial charge in [0.25, 0.3) is 0 Å². The molecular formula is C21H29N5O. The molecule has 0 spiro atoms. The summed E-state index contributed by atoms with van der Waals surface area (Å²) < 4.78 is 2.03. The summed E-state index contributed by atoms with van der Waals surface area (Å²) in [5, 5.41) is 4.80. The first kappa shape index (κ1) is 17.0. The highest BCUT2D eigenvalue weighted by molar-refractivity contribution is 5.80. The summed E-state index contributed by atoms with van der Waals surface area (Å²) in [6.45, 7) is 3.75. The number of rotatable bonds is 2. The van der Waals surface area contributed by atoms with E-state index in [4.69, 9.17) is 10.1 Å². The van der Waals surface area contributed by atoms with Crippen molar-refractivity contribution < 1.29 is 4.79 Å². The molecule has 0 bridgehead atoms. The van der Waals surface area contributed by atoms with Crippen LogP contribution < -0.4 is 4.90 Å². The lowest BCUT2D eigenvalue weighted by Crippen LogP contribution is -2.44. The number of aryl methyl sites for hydroxylation is 2. The molecular weight excluding hydrogens is 338 g/mol. The molecule has 2 aromatic rings. The fourth-order valence-electron chi connectivity index (χ4n) is 5.09. The maximum absolute atomic E-state index is 12.8. The third kappa shape index (κ3) is 3.09. The molecule has 2 fully saturated rings. The van der Waals surface area contributed by atoms with Crippen molar-refractivity contribution >= 4 is 17.2 Å². The number of anilines is 1. The van der Waals surface area contributed by atoms with Crippen LogP contribution in [0.15, 0.2) is 12.4 Å². The van der Waals surface area contributed by atoms with Crippen LogP contribution in [0.25, 0.3) is 5.52 Å². The number of fused-ring (bicyclic) bond motifs is 3. The molecule has 1 aliphatic carbocycles. The molecule has 0 aromatic carbocycles. The van der Waals surface area contributed by atoms with Crippen LogP contribution in [-0.4, -0.2) is 51.6 Å². The molecule has 2 aliphatic heterocycles. The van der Waals surface area contributed by atoms with E-state index in [2.05, 4.69) is 9.80 Å². The van der Waals surface area contributed by atoms with Crippen molar-refractivity contribution in [1.29, 1.82) is 0 Å². The lowest BCUT2D eigenvalue weighted by Gasteiger charge is -2.36. The van der Waals surface area contributed by atoms with Gasteiger partial charge in [-0.3, -0.25) is 4.79 Å². The minimum atomic E-state index is 0.193. The summed E-state index contributed by atoms with van der Waals surface area (Å²) in [5.74, 6) is 1.65. The van der Waals surface area contributed by atoms with Gasteiger partial charge in [0.05, 0.1) is 5.69 Å². The van der Waals surface area contributed by atoms with Crippen LogP contribution in [0.5, 0.6) is 0 Å². The normalized spacial score (nSPS) is 21.5. The number of carbonyl (C=O) groups excluding carboxylic acids is 1. The van der Waals surface area contributed by atoms with Gasteiger partial charge in [-0.05, 0) is 57.8 Å². The monoisotopic (exact) mass is 367 g/mol. The third-order valence-electron chi connectivity index (χ3n) is 6.61. The van der Waals surface area contributed by atoms with E-state index in [9.17, 15) is 4.79 Å². The van der Waals surface area contributed by atoms with E-state index in [1.165, 1.54) is 48.9 Å². The van der Waals surface area contributed by atoms with Gasteiger partial charge < -0.3 is 9.80 Å². The quantitative estimate of drug-likeness (QED) is 0.819. The highest BCUT2D eigenvalue weighted by atomic mass is 16.2. The van der Waals surface area contributed by atoms with Crippen LogP contribution in [0, 0.1) is 5.92 Å². The summed E-state index contributed by atoms with van der Waals surface area (Å²) in [7, 11) is 0. The minimum absolute atomic E-state index is 0.193. The van der Waals surface area contributed by atoms with Crippen LogP contribution in [0.2, 0.25) is 0 Å². The van der Waals surface area contributed by atoms with Gasteiger partial charge >= 0.3 is 0 Å². The Hall–Kier alpha value is -2.11. The number of piperidine rings is 2. The molecule has 3 aliphatic rings. The molecule has 4 heterocycles. The molecule has 6 heteroatoms. The van der Waals surface area contributed by atoms with Crippen LogP contribution in [0.1, 0.15) is 56.2 Å². The Morgan fingerprint density at radius 1 is 0.963 bits per heavy atom. The van der Waals surface area contributed by atoms with E-state index < -0.39 is 0 Å². The highest BCUT2D eigenvalue weighted by Crippen LogP contribution is 2.32. The van der Waals surface area contributed by atoms with Gasteiger partial charge in [0.1, 0.15) is 5.52 Å². The van der Waals surface area contributed by atoms with Crippen molar-refractivity contribution in [2.75, 3.05) is 31.1 Å². The summed E-state index contributed by atoms with van der Waals surface area (Å²) in [4.78, 5) is 22.1. The second kappa shape index (κ2) is 7.13. The van der Waals surface area contributed by atoms with Crippen LogP contribution >= 0.6 is 0 Å². The SMILES string of the molecule is O=C(C1CCN(c2nccn3nc4c(c23)CCCC4)CC1)N1CCCCC1. The number of likely N-dealkylation sites (tertiary alicyclic amines) is 1. The van der Waals surface area contributed by atoms with Gasteiger partial charge in [0, 0.05) is 50.1 Å². The lowest BCUT2D eigenvalue weighted by atomic mass is 9.93. The van der Waals surface area contributed by atoms with Crippen molar-refractivity contribution in [2.24, 2.45) is 5.92 Å². The summed E-state index contributed by atoms with van der Waals surface area (Å²) in [6.07, 6.45) is 14.0. The average Bonchev–Trinajstić information content (AvgIpc) is 3.13. The standard InChI is InChI=1S/C21H29N5O/c27-21(25-11-4-1-5-12-25)16-8-13-24(14-9-16)20-19-17-6-2-3-7-18(17)23-26(19)15-10-22-20/h10,15-16H,1-9,11-14H2. The Morgan fingerprint density at radius 2 is 1.74 bits per heavy atom. The third-order valence-corrected chi connectivity index (χ3v) is 6.61. The molecule has 0 radical (unpaired) electrons. The Bertz CT molecular complexity index is 830. The van der Waals surface area contributed by atoms with Crippen LogP contribution in [-0.2, 0) is 17.6 Å². The zero-order valence-corrected chi connectivity index (χ0v) is 16.1. The topological polar surface area (TPSA) is 53.7 Å². The zero-order chi connectivity index (χ0) is 18.2. The Kier molecular flexibility index (Phi) is 4.50. The van der Waals surface area contributed by atoms with Crippen molar-refractivity contribution in [3.8, 4) is 0 Å². The maximum atomic E-state index is 12.8. The predicted molar refractivity (Wildman–Crippen MR) is 105 cm³/mol. The second-order valence-electron chi connectivity index (χ2n) is 8.32. The molecule has 1 amide bonds. The number of nitrogens with zero attached hydrogens (tertiary/aromatic N) is 5. The van der Waals surface area contributed by atoms with Gasteiger partial charge in [-0.25, -0.2) is 9.50 Å². The van der Waals surface area contributed by atoms with E-state index in [1.807, 2.05) is 16.9 Å². The van der Waals surface area contributed by atoms with Crippen molar-refractivity contribution in [3.63, 3.8) is 0 Å². The van der Waals surface area contributed by atoms with Crippen molar-refractivity contribution in [2.45, 2.75) is 57.8 Å². The van der Waals surface area contributed by atoms with Gasteiger partial charge in [0.2, 0.25) is 5.91 Å². The number of hydrogen-bond acceptors (Lipinski definition) is 4. The first-order chi connectivity index (χ1) is 13.3. The average molecular weight is 367 g/mol. The fraction of sp³-hybridized carbons (Fsp3) is 0.667. The molecule has 0 N–H and O–H groups in total. The number of carbonyl (C=O) groups is 1. The predicted octanol–water partition coefficient (Wildman–Crippen LogP) is 2.84. The number of amides is 1. The van der Waals surface area contributed by atoms with E-state index >= 15 is 0 Å². The fourth-order valence-corrected chi connectivity index (χ4v) is 5.09. The molecule has 27 heavy (non-hydrogen) atoms. The largest absolute Gasteiger partial charge is 0.355 e. The van der Waals surface area contributed by atoms with Gasteiger partial charge in [0.15, 0.2) is 5.82 Å². The second-order valence-corrected chi connectivity index (χ2v) is 8.32. The molecule has 0 unspecified atom stereocenters. The summed E-state index contributed by atoms with van der Waals surface area (Å²) in [6, 6.07) is 0. The first-order valence-corrected chi connectivity index (χ1v) is 10.7. The first-order valence-electron chi connectivity index (χ1n) is 10.7. The molecule has 0 saturated carbocycles. The molecule has 2 aromatic heterocycles. The van der Waals surface area contributed by atoms with Gasteiger partial charge in [-0.2, -0.15) is 5.10 Å². The van der Waals surface area contributed by atoms with Crippen molar-refractivity contribution in [1.82, 2.24) is 19.5 Å². The highest BCUT2D eigenvalue weighted by Gasteiger charge is 2.31. The van der Waals surface area contributed by atoms with E-state index in [0.29, 0.717) is 5.91 Å². The number of aromatic nitrogens is 3. The van der Waals surface area contributed by atoms with Crippen LogP contribution in [0.4, 0.5) is 5.82 Å². The lowest BCUT2D eigenvalue weighted by molar-refractivity contribution is -0.137. The Labute approximate surface area is 160 Å². The zero-order valence-electron chi connectivity index (χ0n) is 16.1. The molecule has 2 saturated heterocycles. The van der Waals surface area contributed by atoms with Gasteiger partial charge in [-0.15, -0.1) is 0 Å². The van der Waals surface area contributed by atoms with E-state index in [-0.39, 0.29) is 5.92 Å². The number of hydrogen-bond donors (Lipinski definition) is 0. The van der Waals surface area contributed by atoms with E-state index in [1.54, 1.807) is 0 Å². The minimum Gasteiger partial charge on any atom is -0.355 e. The molecule has 0 atom stereocenters. The summed E-state index contributed by atoms with van der Waals surface area (Å²) >= 11 is 0. The van der Waals surface area contributed by atoms with Gasteiger partial charge in [-0.1, -0.05) is 0 Å². The molecule has 5 rings (SSSR count). The smallest absolute Gasteiger partial charge is 0.225 e. The Morgan fingerprint density at radius 3 is 2.56 bits per heavy atom. The van der Waals surface area contributed by atoms with Crippen LogP contribution in [0.3, 0.4) is 0 Å². The molecule has 6 nitrogen and oxygen atoms in total. The van der Waals surface area contributed by atoms with E-state index in [0.717, 1.165) is 57.7 Å². The molecule has 144 valence electrons. The van der Waals surface area contributed by atoms with Crippen molar-refractivity contribution in [3.05, 3.63) is 23.7 Å². The Balaban J connectivity index is 1.34. The maximum Gasteiger partial charge on any atom is 0.225 e. The summed E-state index contributed by atoms with van der Waals surface area (Å²) in [5.41, 5.74) is 3.86.